The van der Waals surface area contributed by atoms with E-state index in [2.05, 4.69) is 10.6 Å². The standard InChI is InChI=1S/C23H28N2O6S/c1-28-16-10-13(11-17(29-2)20(16)30-3)21(26)25-23-19(15-7-4-8-18(15)32-23)22(27)24-12-14-6-5-9-31-14/h10-11,14H,4-9,12H2,1-3H3,(H,24,27)(H,25,26)/t14-/m1/s1. The molecule has 8 nitrogen and oxygen atoms in total. The molecule has 4 rings (SSSR count). The van der Waals surface area contributed by atoms with Crippen LogP contribution in [0.3, 0.4) is 0 Å². The molecule has 32 heavy (non-hydrogen) atoms. The van der Waals surface area contributed by atoms with Crippen molar-refractivity contribution in [1.29, 1.82) is 0 Å². The van der Waals surface area contributed by atoms with Crippen LogP contribution >= 0.6 is 11.3 Å². The Morgan fingerprint density at radius 2 is 1.81 bits per heavy atom. The number of fused-ring (bicyclic) bond motifs is 1. The van der Waals surface area contributed by atoms with Crippen LogP contribution in [0.4, 0.5) is 5.00 Å². The summed E-state index contributed by atoms with van der Waals surface area (Å²) in [7, 11) is 4.51. The zero-order valence-corrected chi connectivity index (χ0v) is 19.4. The van der Waals surface area contributed by atoms with Crippen LogP contribution in [0.2, 0.25) is 0 Å². The SMILES string of the molecule is COc1cc(C(=O)Nc2sc3c(c2C(=O)NC[C@H]2CCCO2)CCC3)cc(OC)c1OC. The summed E-state index contributed by atoms with van der Waals surface area (Å²) in [5.74, 6) is 0.675. The predicted octanol–water partition coefficient (Wildman–Crippen LogP) is 3.42. The topological polar surface area (TPSA) is 95.1 Å². The lowest BCUT2D eigenvalue weighted by atomic mass is 10.1. The van der Waals surface area contributed by atoms with Crippen LogP contribution in [0.1, 0.15) is 50.4 Å². The number of hydrogen-bond donors (Lipinski definition) is 2. The normalized spacial score (nSPS) is 17.0. The highest BCUT2D eigenvalue weighted by Gasteiger charge is 2.29. The van der Waals surface area contributed by atoms with Crippen molar-refractivity contribution in [2.45, 2.75) is 38.2 Å². The van der Waals surface area contributed by atoms with E-state index in [1.54, 1.807) is 12.1 Å². The second-order valence-corrected chi connectivity index (χ2v) is 8.88. The number of thiophene rings is 1. The molecule has 0 spiro atoms. The van der Waals surface area contributed by atoms with E-state index in [9.17, 15) is 9.59 Å². The van der Waals surface area contributed by atoms with Crippen molar-refractivity contribution >= 4 is 28.2 Å². The van der Waals surface area contributed by atoms with Gasteiger partial charge in [-0.05, 0) is 49.8 Å². The number of amides is 2. The van der Waals surface area contributed by atoms with Gasteiger partial charge in [0.1, 0.15) is 5.00 Å². The first-order valence-electron chi connectivity index (χ1n) is 10.7. The van der Waals surface area contributed by atoms with Crippen molar-refractivity contribution in [1.82, 2.24) is 5.32 Å². The lowest BCUT2D eigenvalue weighted by molar-refractivity contribution is 0.0858. The number of ether oxygens (including phenoxy) is 4. The van der Waals surface area contributed by atoms with Gasteiger partial charge in [-0.3, -0.25) is 9.59 Å². The Morgan fingerprint density at radius 1 is 1.06 bits per heavy atom. The molecule has 1 aromatic heterocycles. The molecule has 1 saturated heterocycles. The maximum absolute atomic E-state index is 13.1. The number of methoxy groups -OCH3 is 3. The smallest absolute Gasteiger partial charge is 0.256 e. The first-order chi connectivity index (χ1) is 15.5. The van der Waals surface area contributed by atoms with Gasteiger partial charge in [-0.25, -0.2) is 0 Å². The van der Waals surface area contributed by atoms with Gasteiger partial charge in [-0.15, -0.1) is 11.3 Å². The molecule has 9 heteroatoms. The van der Waals surface area contributed by atoms with Crippen molar-refractivity contribution in [3.05, 3.63) is 33.7 Å². The third-order valence-corrected chi connectivity index (χ3v) is 7.02. The highest BCUT2D eigenvalue weighted by molar-refractivity contribution is 7.17. The summed E-state index contributed by atoms with van der Waals surface area (Å²) in [6.45, 7) is 1.22. The van der Waals surface area contributed by atoms with Gasteiger partial charge in [0.25, 0.3) is 11.8 Å². The summed E-state index contributed by atoms with van der Waals surface area (Å²) in [5, 5.41) is 6.51. The van der Waals surface area contributed by atoms with Gasteiger partial charge >= 0.3 is 0 Å². The van der Waals surface area contributed by atoms with Crippen LogP contribution in [0.5, 0.6) is 17.2 Å². The van der Waals surface area contributed by atoms with E-state index in [1.165, 1.54) is 32.7 Å². The van der Waals surface area contributed by atoms with Crippen LogP contribution in [0.15, 0.2) is 12.1 Å². The largest absolute Gasteiger partial charge is 0.493 e. The third-order valence-electron chi connectivity index (χ3n) is 5.82. The lowest BCUT2D eigenvalue weighted by Gasteiger charge is -2.15. The fraction of sp³-hybridized carbons (Fsp3) is 0.478. The molecule has 1 atom stereocenters. The molecule has 1 aliphatic carbocycles. The predicted molar refractivity (Wildman–Crippen MR) is 122 cm³/mol. The summed E-state index contributed by atoms with van der Waals surface area (Å²) in [6.07, 6.45) is 4.81. The van der Waals surface area contributed by atoms with E-state index in [0.29, 0.717) is 39.9 Å². The zero-order valence-electron chi connectivity index (χ0n) is 18.5. The number of nitrogens with one attached hydrogen (secondary N) is 2. The number of carbonyl (C=O) groups is 2. The quantitative estimate of drug-likeness (QED) is 0.627. The molecule has 0 bridgehead atoms. The fourth-order valence-electron chi connectivity index (χ4n) is 4.22. The highest BCUT2D eigenvalue weighted by Crippen LogP contribution is 2.41. The minimum Gasteiger partial charge on any atom is -0.493 e. The lowest BCUT2D eigenvalue weighted by Crippen LogP contribution is -2.32. The zero-order chi connectivity index (χ0) is 22.7. The Bertz CT molecular complexity index is 987. The summed E-state index contributed by atoms with van der Waals surface area (Å²) in [6, 6.07) is 3.18. The van der Waals surface area contributed by atoms with Gasteiger partial charge in [0, 0.05) is 23.6 Å². The fourth-order valence-corrected chi connectivity index (χ4v) is 5.50. The number of benzene rings is 1. The minimum atomic E-state index is -0.350. The molecule has 0 radical (unpaired) electrons. The summed E-state index contributed by atoms with van der Waals surface area (Å²) in [5.41, 5.74) is 1.96. The molecule has 2 heterocycles. The van der Waals surface area contributed by atoms with E-state index in [4.69, 9.17) is 18.9 Å². The number of rotatable bonds is 8. The van der Waals surface area contributed by atoms with Crippen LogP contribution in [-0.4, -0.2) is 52.4 Å². The van der Waals surface area contributed by atoms with Crippen LogP contribution in [0.25, 0.3) is 0 Å². The maximum atomic E-state index is 13.1. The second kappa shape index (κ2) is 9.79. The Hall–Kier alpha value is -2.78. The maximum Gasteiger partial charge on any atom is 0.256 e. The van der Waals surface area contributed by atoms with E-state index >= 15 is 0 Å². The molecule has 172 valence electrons. The molecule has 1 fully saturated rings. The first-order valence-corrected chi connectivity index (χ1v) is 11.5. The van der Waals surface area contributed by atoms with Gasteiger partial charge in [-0.2, -0.15) is 0 Å². The number of aryl methyl sites for hydroxylation is 1. The number of anilines is 1. The third kappa shape index (κ3) is 4.40. The Kier molecular flexibility index (Phi) is 6.86. The van der Waals surface area contributed by atoms with E-state index in [1.807, 2.05) is 0 Å². The molecular weight excluding hydrogens is 432 g/mol. The molecule has 2 aliphatic rings. The van der Waals surface area contributed by atoms with Gasteiger partial charge in [-0.1, -0.05) is 0 Å². The van der Waals surface area contributed by atoms with Crippen molar-refractivity contribution in [3.8, 4) is 17.2 Å². The van der Waals surface area contributed by atoms with E-state index < -0.39 is 0 Å². The summed E-state index contributed by atoms with van der Waals surface area (Å²) in [4.78, 5) is 27.3. The van der Waals surface area contributed by atoms with Gasteiger partial charge < -0.3 is 29.6 Å². The van der Waals surface area contributed by atoms with Gasteiger partial charge in [0.15, 0.2) is 11.5 Å². The van der Waals surface area contributed by atoms with Crippen LogP contribution in [-0.2, 0) is 17.6 Å². The summed E-state index contributed by atoms with van der Waals surface area (Å²) >= 11 is 1.47. The molecule has 2 amide bonds. The van der Waals surface area contributed by atoms with Crippen molar-refractivity contribution in [2.24, 2.45) is 0 Å². The number of carbonyl (C=O) groups excluding carboxylic acids is 2. The molecule has 2 N–H and O–H groups in total. The Labute approximate surface area is 191 Å². The van der Waals surface area contributed by atoms with Crippen LogP contribution < -0.4 is 24.8 Å². The average molecular weight is 461 g/mol. The molecule has 1 aliphatic heterocycles. The van der Waals surface area contributed by atoms with Crippen molar-refractivity contribution < 1.29 is 28.5 Å². The van der Waals surface area contributed by atoms with Crippen LogP contribution in [0, 0.1) is 0 Å². The molecular formula is C23H28N2O6S. The Balaban J connectivity index is 1.58. The van der Waals surface area contributed by atoms with E-state index in [-0.39, 0.29) is 17.9 Å². The average Bonchev–Trinajstić information content (AvgIpc) is 3.54. The van der Waals surface area contributed by atoms with Gasteiger partial charge in [0.2, 0.25) is 5.75 Å². The second-order valence-electron chi connectivity index (χ2n) is 7.77. The molecule has 1 aromatic carbocycles. The van der Waals surface area contributed by atoms with Crippen molar-refractivity contribution in [2.75, 3.05) is 39.8 Å². The number of hydrogen-bond acceptors (Lipinski definition) is 7. The monoisotopic (exact) mass is 460 g/mol. The van der Waals surface area contributed by atoms with E-state index in [0.717, 1.165) is 49.2 Å². The molecule has 2 aromatic rings. The Morgan fingerprint density at radius 3 is 2.44 bits per heavy atom. The molecule has 0 saturated carbocycles. The summed E-state index contributed by atoms with van der Waals surface area (Å²) < 4.78 is 21.6. The molecule has 0 unspecified atom stereocenters. The minimum absolute atomic E-state index is 0.0582. The van der Waals surface area contributed by atoms with Gasteiger partial charge in [0.05, 0.1) is 33.0 Å². The first kappa shape index (κ1) is 22.4. The highest BCUT2D eigenvalue weighted by atomic mass is 32.1. The van der Waals surface area contributed by atoms with Crippen molar-refractivity contribution in [3.63, 3.8) is 0 Å².